The van der Waals surface area contributed by atoms with Crippen molar-refractivity contribution in [1.82, 2.24) is 4.31 Å². The predicted octanol–water partition coefficient (Wildman–Crippen LogP) is 1.32. The van der Waals surface area contributed by atoms with Crippen molar-refractivity contribution >= 4 is 21.6 Å². The van der Waals surface area contributed by atoms with Gasteiger partial charge in [-0.25, -0.2) is 12.7 Å². The Kier molecular flexibility index (Phi) is 6.59. The molecule has 1 fully saturated rings. The third kappa shape index (κ3) is 4.68. The number of carbonyl (C=O) groups is 1. The van der Waals surface area contributed by atoms with Crippen molar-refractivity contribution < 1.29 is 22.7 Å². The Balaban J connectivity index is 1.91. The number of hydrogen-bond acceptors (Lipinski definition) is 5. The molecule has 0 saturated carbocycles. The summed E-state index contributed by atoms with van der Waals surface area (Å²) in [5, 5.41) is 2.87. The molecular weight excluding hydrogens is 332 g/mol. The number of methoxy groups -OCH3 is 2. The van der Waals surface area contributed by atoms with Gasteiger partial charge in [-0.2, -0.15) is 0 Å². The average molecular weight is 356 g/mol. The zero-order valence-corrected chi connectivity index (χ0v) is 14.8. The molecule has 1 aliphatic heterocycles. The van der Waals surface area contributed by atoms with Gasteiger partial charge in [0.05, 0.1) is 25.2 Å². The van der Waals surface area contributed by atoms with Gasteiger partial charge in [0.1, 0.15) is 5.75 Å². The monoisotopic (exact) mass is 356 g/mol. The van der Waals surface area contributed by atoms with Crippen molar-refractivity contribution in [3.05, 3.63) is 24.3 Å². The topological polar surface area (TPSA) is 84.9 Å². The van der Waals surface area contributed by atoms with Crippen molar-refractivity contribution in [3.8, 4) is 5.75 Å². The molecule has 0 radical (unpaired) electrons. The molecule has 0 atom stereocenters. The highest BCUT2D eigenvalue weighted by Crippen LogP contribution is 2.26. The Hall–Kier alpha value is -1.64. The zero-order chi connectivity index (χ0) is 17.6. The summed E-state index contributed by atoms with van der Waals surface area (Å²) in [4.78, 5) is 12.4. The molecule has 0 aromatic heterocycles. The number of amides is 1. The second-order valence-corrected chi connectivity index (χ2v) is 7.76. The van der Waals surface area contributed by atoms with Gasteiger partial charge >= 0.3 is 0 Å². The maximum absolute atomic E-state index is 12.4. The number of carbonyl (C=O) groups excluding carboxylic acids is 1. The Morgan fingerprint density at radius 3 is 2.54 bits per heavy atom. The molecule has 1 saturated heterocycles. The van der Waals surface area contributed by atoms with E-state index < -0.39 is 10.0 Å². The molecule has 1 aromatic carbocycles. The van der Waals surface area contributed by atoms with E-state index in [1.165, 1.54) is 11.4 Å². The Labute approximate surface area is 143 Å². The summed E-state index contributed by atoms with van der Waals surface area (Å²) >= 11 is 0. The van der Waals surface area contributed by atoms with Crippen LogP contribution in [0.15, 0.2) is 24.3 Å². The number of para-hydroxylation sites is 2. The minimum Gasteiger partial charge on any atom is -0.495 e. The summed E-state index contributed by atoms with van der Waals surface area (Å²) in [6, 6.07) is 7.21. The van der Waals surface area contributed by atoms with E-state index >= 15 is 0 Å². The van der Waals surface area contributed by atoms with Crippen LogP contribution < -0.4 is 10.1 Å². The second-order valence-electron chi connectivity index (χ2n) is 5.67. The van der Waals surface area contributed by atoms with Gasteiger partial charge in [-0.05, 0) is 25.0 Å². The van der Waals surface area contributed by atoms with Crippen molar-refractivity contribution in [2.24, 2.45) is 5.92 Å². The van der Waals surface area contributed by atoms with E-state index in [4.69, 9.17) is 9.47 Å². The normalized spacial score (nSPS) is 16.8. The summed E-state index contributed by atoms with van der Waals surface area (Å²) < 4.78 is 35.7. The maximum Gasteiger partial charge on any atom is 0.227 e. The van der Waals surface area contributed by atoms with Crippen molar-refractivity contribution in [1.29, 1.82) is 0 Å². The van der Waals surface area contributed by atoms with Crippen molar-refractivity contribution in [2.45, 2.75) is 12.8 Å². The number of anilines is 1. The highest BCUT2D eigenvalue weighted by atomic mass is 32.2. The standard InChI is InChI=1S/C16H24N2O5S/c1-22-11-12-24(20,21)18-9-7-13(8-10-18)16(19)17-14-5-3-4-6-15(14)23-2/h3-6,13H,7-12H2,1-2H3,(H,17,19). The van der Waals surface area contributed by atoms with Crippen molar-refractivity contribution in [3.63, 3.8) is 0 Å². The lowest BCUT2D eigenvalue weighted by Gasteiger charge is -2.30. The lowest BCUT2D eigenvalue weighted by atomic mass is 9.97. The minimum atomic E-state index is -3.31. The van der Waals surface area contributed by atoms with E-state index in [9.17, 15) is 13.2 Å². The first kappa shape index (κ1) is 18.7. The van der Waals surface area contributed by atoms with Gasteiger partial charge in [0.2, 0.25) is 15.9 Å². The largest absolute Gasteiger partial charge is 0.495 e. The molecule has 8 heteroatoms. The van der Waals surface area contributed by atoms with Crippen LogP contribution in [-0.4, -0.2) is 58.3 Å². The summed E-state index contributed by atoms with van der Waals surface area (Å²) in [5.41, 5.74) is 0.625. The van der Waals surface area contributed by atoms with Crippen LogP contribution in [0, 0.1) is 5.92 Å². The van der Waals surface area contributed by atoms with Gasteiger partial charge in [-0.3, -0.25) is 4.79 Å². The smallest absolute Gasteiger partial charge is 0.227 e. The van der Waals surface area contributed by atoms with E-state index in [1.807, 2.05) is 12.1 Å². The Bertz CT molecular complexity index is 654. The molecule has 1 amide bonds. The first-order valence-corrected chi connectivity index (χ1v) is 9.49. The zero-order valence-electron chi connectivity index (χ0n) is 14.0. The molecule has 7 nitrogen and oxygen atoms in total. The molecule has 0 unspecified atom stereocenters. The molecule has 0 spiro atoms. The van der Waals surface area contributed by atoms with Crippen LogP contribution in [0.4, 0.5) is 5.69 Å². The van der Waals surface area contributed by atoms with Crippen molar-refractivity contribution in [2.75, 3.05) is 45.0 Å². The van der Waals surface area contributed by atoms with Gasteiger partial charge in [-0.1, -0.05) is 12.1 Å². The quantitative estimate of drug-likeness (QED) is 0.796. The molecule has 0 aliphatic carbocycles. The average Bonchev–Trinajstić information content (AvgIpc) is 2.60. The summed E-state index contributed by atoms with van der Waals surface area (Å²) in [7, 11) is -0.281. The minimum absolute atomic E-state index is 0.0262. The molecule has 1 aliphatic rings. The number of ether oxygens (including phenoxy) is 2. The van der Waals surface area contributed by atoms with Crippen LogP contribution in [0.25, 0.3) is 0 Å². The van der Waals surface area contributed by atoms with Gasteiger partial charge in [0.25, 0.3) is 0 Å². The van der Waals surface area contributed by atoms with Crippen LogP contribution >= 0.6 is 0 Å². The van der Waals surface area contributed by atoms with E-state index in [2.05, 4.69) is 5.32 Å². The number of nitrogens with one attached hydrogen (secondary N) is 1. The van der Waals surface area contributed by atoms with Gasteiger partial charge in [0.15, 0.2) is 0 Å². The van der Waals surface area contributed by atoms with E-state index in [0.29, 0.717) is 37.4 Å². The Morgan fingerprint density at radius 2 is 1.92 bits per heavy atom. The lowest BCUT2D eigenvalue weighted by molar-refractivity contribution is -0.120. The van der Waals surface area contributed by atoms with Crippen LogP contribution in [0.3, 0.4) is 0 Å². The first-order chi connectivity index (χ1) is 11.5. The van der Waals surface area contributed by atoms with Gasteiger partial charge in [-0.15, -0.1) is 0 Å². The van der Waals surface area contributed by atoms with E-state index in [-0.39, 0.29) is 24.2 Å². The number of benzene rings is 1. The highest BCUT2D eigenvalue weighted by Gasteiger charge is 2.31. The van der Waals surface area contributed by atoms with Crippen LogP contribution in [0.1, 0.15) is 12.8 Å². The van der Waals surface area contributed by atoms with Gasteiger partial charge < -0.3 is 14.8 Å². The molecule has 134 valence electrons. The number of rotatable bonds is 7. The van der Waals surface area contributed by atoms with Crippen LogP contribution in [0.2, 0.25) is 0 Å². The molecular formula is C16H24N2O5S. The molecule has 0 bridgehead atoms. The summed E-state index contributed by atoms with van der Waals surface area (Å²) in [6.07, 6.45) is 1.01. The highest BCUT2D eigenvalue weighted by molar-refractivity contribution is 7.89. The van der Waals surface area contributed by atoms with E-state index in [1.54, 1.807) is 19.2 Å². The molecule has 1 heterocycles. The fourth-order valence-electron chi connectivity index (χ4n) is 2.70. The lowest BCUT2D eigenvalue weighted by Crippen LogP contribution is -2.42. The SMILES string of the molecule is COCCS(=O)(=O)N1CCC(C(=O)Nc2ccccc2OC)CC1. The number of sulfonamides is 1. The molecule has 1 N–H and O–H groups in total. The third-order valence-electron chi connectivity index (χ3n) is 4.13. The molecule has 24 heavy (non-hydrogen) atoms. The first-order valence-electron chi connectivity index (χ1n) is 7.88. The predicted molar refractivity (Wildman–Crippen MR) is 91.6 cm³/mol. The fraction of sp³-hybridized carbons (Fsp3) is 0.562. The van der Waals surface area contributed by atoms with Crippen LogP contribution in [0.5, 0.6) is 5.75 Å². The number of nitrogens with zero attached hydrogens (tertiary/aromatic N) is 1. The molecule has 1 aromatic rings. The van der Waals surface area contributed by atoms with Gasteiger partial charge in [0, 0.05) is 26.1 Å². The third-order valence-corrected chi connectivity index (χ3v) is 5.96. The molecule has 2 rings (SSSR count). The fourth-order valence-corrected chi connectivity index (χ4v) is 4.10. The number of piperidine rings is 1. The summed E-state index contributed by atoms with van der Waals surface area (Å²) in [5.74, 6) is 0.268. The maximum atomic E-state index is 12.4. The van der Waals surface area contributed by atoms with E-state index in [0.717, 1.165) is 0 Å². The van der Waals surface area contributed by atoms with Crippen LogP contribution in [-0.2, 0) is 19.6 Å². The number of hydrogen-bond donors (Lipinski definition) is 1. The second kappa shape index (κ2) is 8.46. The Morgan fingerprint density at radius 1 is 1.25 bits per heavy atom. The summed E-state index contributed by atoms with van der Waals surface area (Å²) in [6.45, 7) is 0.892.